The molecule has 78 valence electrons. The highest BCUT2D eigenvalue weighted by Crippen LogP contribution is 2.40. The molecule has 0 aromatic carbocycles. The Hall–Kier alpha value is -0.680. The molecule has 0 aromatic rings. The molecule has 1 saturated heterocycles. The van der Waals surface area contributed by atoms with Gasteiger partial charge in [0.2, 0.25) is 0 Å². The standard InChI is InChI=1S/C10H14O4/c1-2-3-5-6(4-11)8(13)10-9(14-10)7(5)12/h2-3,7-13H,4H2,1H3/t7-,8-,9-,10+/m0/s1. The molecule has 2 aliphatic rings. The van der Waals surface area contributed by atoms with Gasteiger partial charge in [-0.15, -0.1) is 0 Å². The Bertz CT molecular complexity index is 294. The predicted octanol–water partition coefficient (Wildman–Crippen LogP) is -0.646. The van der Waals surface area contributed by atoms with E-state index in [1.807, 2.05) is 6.92 Å². The summed E-state index contributed by atoms with van der Waals surface area (Å²) in [6.07, 6.45) is 1.34. The molecule has 0 amide bonds. The Labute approximate surface area is 82.1 Å². The van der Waals surface area contributed by atoms with Crippen LogP contribution in [0.2, 0.25) is 0 Å². The maximum Gasteiger partial charge on any atom is 0.117 e. The summed E-state index contributed by atoms with van der Waals surface area (Å²) < 4.78 is 5.12. The molecular formula is C10H14O4. The molecular weight excluding hydrogens is 184 g/mol. The summed E-state index contributed by atoms with van der Waals surface area (Å²) in [5.74, 6) is 0. The number of ether oxygens (including phenoxy) is 1. The van der Waals surface area contributed by atoms with Crippen molar-refractivity contribution in [2.24, 2.45) is 0 Å². The van der Waals surface area contributed by atoms with E-state index in [0.29, 0.717) is 11.1 Å². The van der Waals surface area contributed by atoms with Gasteiger partial charge in [0.1, 0.15) is 24.4 Å². The van der Waals surface area contributed by atoms with Crippen LogP contribution in [-0.4, -0.2) is 46.3 Å². The topological polar surface area (TPSA) is 73.2 Å². The number of epoxide rings is 1. The van der Waals surface area contributed by atoms with Gasteiger partial charge in [-0.25, -0.2) is 0 Å². The SMILES string of the molecule is CC=CC1=C(CO)[C@H](O)[C@H]2O[C@H]2[C@H]1O. The molecule has 14 heavy (non-hydrogen) atoms. The van der Waals surface area contributed by atoms with Crippen molar-refractivity contribution >= 4 is 0 Å². The fourth-order valence-corrected chi connectivity index (χ4v) is 1.95. The maximum atomic E-state index is 9.77. The van der Waals surface area contributed by atoms with Gasteiger partial charge in [0.05, 0.1) is 6.61 Å². The minimum atomic E-state index is -0.778. The lowest BCUT2D eigenvalue weighted by Crippen LogP contribution is -2.35. The van der Waals surface area contributed by atoms with Crippen LogP contribution in [-0.2, 0) is 4.74 Å². The van der Waals surface area contributed by atoms with E-state index in [1.165, 1.54) is 0 Å². The molecule has 0 bridgehead atoms. The van der Waals surface area contributed by atoms with E-state index in [1.54, 1.807) is 12.2 Å². The zero-order valence-corrected chi connectivity index (χ0v) is 7.92. The summed E-state index contributed by atoms with van der Waals surface area (Å²) >= 11 is 0. The van der Waals surface area contributed by atoms with Gasteiger partial charge in [-0.05, 0) is 18.1 Å². The largest absolute Gasteiger partial charge is 0.392 e. The van der Waals surface area contributed by atoms with Crippen molar-refractivity contribution in [3.63, 3.8) is 0 Å². The highest BCUT2D eigenvalue weighted by Gasteiger charge is 2.54. The Morgan fingerprint density at radius 1 is 1.29 bits per heavy atom. The fourth-order valence-electron chi connectivity index (χ4n) is 1.95. The van der Waals surface area contributed by atoms with E-state index in [2.05, 4.69) is 0 Å². The van der Waals surface area contributed by atoms with Gasteiger partial charge < -0.3 is 20.1 Å². The highest BCUT2D eigenvalue weighted by atomic mass is 16.6. The van der Waals surface area contributed by atoms with Crippen LogP contribution in [0.1, 0.15) is 6.92 Å². The smallest absolute Gasteiger partial charge is 0.117 e. The second-order valence-electron chi connectivity index (χ2n) is 3.59. The van der Waals surface area contributed by atoms with Crippen LogP contribution in [0.15, 0.2) is 23.3 Å². The van der Waals surface area contributed by atoms with Gasteiger partial charge >= 0.3 is 0 Å². The normalized spacial score (nSPS) is 41.7. The molecule has 2 rings (SSSR count). The second kappa shape index (κ2) is 3.47. The molecule has 3 N–H and O–H groups in total. The third-order valence-corrected chi connectivity index (χ3v) is 2.75. The summed E-state index contributed by atoms with van der Waals surface area (Å²) in [6.45, 7) is 1.57. The Balaban J connectivity index is 2.36. The first-order valence-corrected chi connectivity index (χ1v) is 4.68. The number of fused-ring (bicyclic) bond motifs is 1. The van der Waals surface area contributed by atoms with Crippen LogP contribution in [0, 0.1) is 0 Å². The second-order valence-corrected chi connectivity index (χ2v) is 3.59. The van der Waals surface area contributed by atoms with Gasteiger partial charge in [-0.3, -0.25) is 0 Å². The van der Waals surface area contributed by atoms with Crippen molar-refractivity contribution in [3.05, 3.63) is 23.3 Å². The van der Waals surface area contributed by atoms with Gasteiger partial charge in [0.15, 0.2) is 0 Å². The lowest BCUT2D eigenvalue weighted by atomic mass is 9.87. The van der Waals surface area contributed by atoms with E-state index in [-0.39, 0.29) is 18.8 Å². The number of aliphatic hydroxyl groups excluding tert-OH is 3. The molecule has 0 spiro atoms. The van der Waals surface area contributed by atoms with Crippen LogP contribution in [0.3, 0.4) is 0 Å². The molecule has 4 nitrogen and oxygen atoms in total. The molecule has 4 atom stereocenters. The predicted molar refractivity (Wildman–Crippen MR) is 49.6 cm³/mol. The minimum Gasteiger partial charge on any atom is -0.392 e. The molecule has 0 unspecified atom stereocenters. The quantitative estimate of drug-likeness (QED) is 0.516. The van der Waals surface area contributed by atoms with E-state index < -0.39 is 12.2 Å². The van der Waals surface area contributed by atoms with Crippen molar-refractivity contribution in [1.82, 2.24) is 0 Å². The zero-order chi connectivity index (χ0) is 10.3. The minimum absolute atomic E-state index is 0.246. The first kappa shape index (κ1) is 9.86. The van der Waals surface area contributed by atoms with Crippen molar-refractivity contribution in [2.75, 3.05) is 6.61 Å². The van der Waals surface area contributed by atoms with Crippen molar-refractivity contribution in [3.8, 4) is 0 Å². The molecule has 1 fully saturated rings. The average molecular weight is 198 g/mol. The molecule has 1 heterocycles. The zero-order valence-electron chi connectivity index (χ0n) is 7.92. The maximum absolute atomic E-state index is 9.77. The van der Waals surface area contributed by atoms with Gasteiger partial charge in [-0.2, -0.15) is 0 Å². The van der Waals surface area contributed by atoms with Gasteiger partial charge in [-0.1, -0.05) is 12.2 Å². The summed E-state index contributed by atoms with van der Waals surface area (Å²) in [7, 11) is 0. The first-order valence-electron chi connectivity index (χ1n) is 4.68. The molecule has 0 radical (unpaired) electrons. The van der Waals surface area contributed by atoms with Gasteiger partial charge in [0, 0.05) is 0 Å². The van der Waals surface area contributed by atoms with Crippen LogP contribution < -0.4 is 0 Å². The number of allylic oxidation sites excluding steroid dienone is 1. The highest BCUT2D eigenvalue weighted by molar-refractivity contribution is 5.39. The van der Waals surface area contributed by atoms with E-state index in [0.717, 1.165) is 0 Å². The average Bonchev–Trinajstić information content (AvgIpc) is 2.94. The van der Waals surface area contributed by atoms with Crippen LogP contribution in [0.4, 0.5) is 0 Å². The molecule has 1 aliphatic heterocycles. The number of aliphatic hydroxyl groups is 3. The fraction of sp³-hybridized carbons (Fsp3) is 0.600. The Kier molecular flexibility index (Phi) is 2.45. The summed E-state index contributed by atoms with van der Waals surface area (Å²) in [4.78, 5) is 0. The van der Waals surface area contributed by atoms with E-state index in [9.17, 15) is 10.2 Å². The van der Waals surface area contributed by atoms with Crippen LogP contribution in [0.25, 0.3) is 0 Å². The van der Waals surface area contributed by atoms with E-state index in [4.69, 9.17) is 9.84 Å². The molecule has 1 aliphatic carbocycles. The molecule has 4 heteroatoms. The third kappa shape index (κ3) is 1.31. The van der Waals surface area contributed by atoms with Crippen LogP contribution >= 0.6 is 0 Å². The lowest BCUT2D eigenvalue weighted by molar-refractivity contribution is 0.141. The summed E-state index contributed by atoms with van der Waals surface area (Å²) in [5, 5.41) is 28.6. The van der Waals surface area contributed by atoms with Crippen molar-refractivity contribution in [2.45, 2.75) is 31.3 Å². The molecule has 0 saturated carbocycles. The molecule has 0 aromatic heterocycles. The van der Waals surface area contributed by atoms with Crippen molar-refractivity contribution in [1.29, 1.82) is 0 Å². The number of hydrogen-bond acceptors (Lipinski definition) is 4. The third-order valence-electron chi connectivity index (χ3n) is 2.75. The van der Waals surface area contributed by atoms with Crippen LogP contribution in [0.5, 0.6) is 0 Å². The summed E-state index contributed by atoms with van der Waals surface area (Å²) in [5.41, 5.74) is 1.05. The van der Waals surface area contributed by atoms with Crippen molar-refractivity contribution < 1.29 is 20.1 Å². The number of hydrogen-bond donors (Lipinski definition) is 3. The Morgan fingerprint density at radius 2 is 1.93 bits per heavy atom. The van der Waals surface area contributed by atoms with E-state index >= 15 is 0 Å². The number of rotatable bonds is 2. The summed E-state index contributed by atoms with van der Waals surface area (Å²) in [6, 6.07) is 0. The van der Waals surface area contributed by atoms with Gasteiger partial charge in [0.25, 0.3) is 0 Å². The Morgan fingerprint density at radius 3 is 2.50 bits per heavy atom. The lowest BCUT2D eigenvalue weighted by Gasteiger charge is -2.23. The first-order chi connectivity index (χ1) is 6.70. The monoisotopic (exact) mass is 198 g/mol.